The van der Waals surface area contributed by atoms with Crippen molar-refractivity contribution in [2.24, 2.45) is 5.73 Å². The lowest BCUT2D eigenvalue weighted by molar-refractivity contribution is 0.0930. The maximum Gasteiger partial charge on any atom is 0.251 e. The second-order valence-electron chi connectivity index (χ2n) is 6.50. The van der Waals surface area contributed by atoms with Gasteiger partial charge in [0.25, 0.3) is 5.91 Å². The molecule has 0 spiro atoms. The first-order valence-electron chi connectivity index (χ1n) is 8.01. The zero-order valence-electron chi connectivity index (χ0n) is 12.7. The van der Waals surface area contributed by atoms with Crippen LogP contribution in [-0.4, -0.2) is 29.9 Å². The van der Waals surface area contributed by atoms with Crippen LogP contribution in [0, 0.1) is 0 Å². The Kier molecular flexibility index (Phi) is 3.31. The van der Waals surface area contributed by atoms with Crippen molar-refractivity contribution in [3.8, 4) is 0 Å². The third kappa shape index (κ3) is 2.57. The van der Waals surface area contributed by atoms with Crippen LogP contribution in [0.1, 0.15) is 40.0 Å². The number of nitrogens with two attached hydrogens (primary N) is 1. The summed E-state index contributed by atoms with van der Waals surface area (Å²) < 4.78 is 0. The van der Waals surface area contributed by atoms with E-state index in [1.807, 2.05) is 24.3 Å². The van der Waals surface area contributed by atoms with E-state index in [2.05, 4.69) is 10.6 Å². The highest BCUT2D eigenvalue weighted by molar-refractivity contribution is 6.01. The van der Waals surface area contributed by atoms with E-state index in [1.165, 1.54) is 6.42 Å². The van der Waals surface area contributed by atoms with Gasteiger partial charge in [-0.3, -0.25) is 9.59 Å². The van der Waals surface area contributed by atoms with E-state index in [0.717, 1.165) is 23.6 Å². The van der Waals surface area contributed by atoms with Gasteiger partial charge in [-0.1, -0.05) is 12.1 Å². The van der Waals surface area contributed by atoms with Gasteiger partial charge >= 0.3 is 0 Å². The van der Waals surface area contributed by atoms with Crippen molar-refractivity contribution in [1.29, 1.82) is 0 Å². The van der Waals surface area contributed by atoms with E-state index in [9.17, 15) is 9.59 Å². The Balaban J connectivity index is 1.58. The highest BCUT2D eigenvalue weighted by atomic mass is 16.2. The topological polar surface area (TPSA) is 84.2 Å². The molecule has 2 heterocycles. The summed E-state index contributed by atoms with van der Waals surface area (Å²) in [4.78, 5) is 23.8. The molecule has 3 atom stereocenters. The minimum absolute atomic E-state index is 0.0595. The summed E-state index contributed by atoms with van der Waals surface area (Å²) in [5.41, 5.74) is 6.39. The van der Waals surface area contributed by atoms with Crippen LogP contribution < -0.4 is 16.4 Å². The Labute approximate surface area is 134 Å². The molecule has 4 N–H and O–H groups in total. The van der Waals surface area contributed by atoms with Gasteiger partial charge in [-0.05, 0) is 54.3 Å². The molecule has 2 aromatic rings. The molecule has 23 heavy (non-hydrogen) atoms. The Morgan fingerprint density at radius 1 is 1.04 bits per heavy atom. The smallest absolute Gasteiger partial charge is 0.251 e. The molecule has 2 fully saturated rings. The molecule has 2 aromatic carbocycles. The average molecular weight is 309 g/mol. The Morgan fingerprint density at radius 3 is 2.43 bits per heavy atom. The standard InChI is InChI=1S/C18H19N3O2/c19-17(22)11-3-1-10-2-4-12(8-13(10)7-11)18(23)21-16-9-14-5-6-15(16)20-14/h1-4,7-8,14-16,20H,5-6,9H2,(H2,19,22)(H,21,23). The summed E-state index contributed by atoms with van der Waals surface area (Å²) in [6.45, 7) is 0. The van der Waals surface area contributed by atoms with Gasteiger partial charge < -0.3 is 16.4 Å². The molecule has 0 radical (unpaired) electrons. The molecule has 0 aliphatic carbocycles. The number of rotatable bonds is 3. The van der Waals surface area contributed by atoms with E-state index < -0.39 is 5.91 Å². The lowest BCUT2D eigenvalue weighted by Crippen LogP contribution is -2.42. The maximum atomic E-state index is 12.5. The molecule has 118 valence electrons. The molecular formula is C18H19N3O2. The summed E-state index contributed by atoms with van der Waals surface area (Å²) in [6.07, 6.45) is 3.36. The van der Waals surface area contributed by atoms with Gasteiger partial charge in [0.15, 0.2) is 0 Å². The highest BCUT2D eigenvalue weighted by Crippen LogP contribution is 2.28. The quantitative estimate of drug-likeness (QED) is 0.804. The van der Waals surface area contributed by atoms with E-state index in [4.69, 9.17) is 5.73 Å². The van der Waals surface area contributed by atoms with E-state index in [-0.39, 0.29) is 11.9 Å². The minimum Gasteiger partial charge on any atom is -0.366 e. The molecule has 2 amide bonds. The Hall–Kier alpha value is -2.40. The van der Waals surface area contributed by atoms with Crippen LogP contribution >= 0.6 is 0 Å². The monoisotopic (exact) mass is 309 g/mol. The number of benzene rings is 2. The van der Waals surface area contributed by atoms with Gasteiger partial charge in [0, 0.05) is 29.3 Å². The zero-order chi connectivity index (χ0) is 16.0. The van der Waals surface area contributed by atoms with Crippen molar-refractivity contribution in [3.63, 3.8) is 0 Å². The van der Waals surface area contributed by atoms with Gasteiger partial charge in [-0.15, -0.1) is 0 Å². The lowest BCUT2D eigenvalue weighted by atomic mass is 9.95. The Bertz CT molecular complexity index is 802. The maximum absolute atomic E-state index is 12.5. The molecule has 0 aromatic heterocycles. The Morgan fingerprint density at radius 2 is 1.78 bits per heavy atom. The van der Waals surface area contributed by atoms with Crippen molar-refractivity contribution < 1.29 is 9.59 Å². The van der Waals surface area contributed by atoms with Gasteiger partial charge in [0.2, 0.25) is 5.91 Å². The number of hydrogen-bond acceptors (Lipinski definition) is 3. The minimum atomic E-state index is -0.463. The molecule has 5 nitrogen and oxygen atoms in total. The molecule has 0 saturated carbocycles. The van der Waals surface area contributed by atoms with Crippen molar-refractivity contribution in [2.45, 2.75) is 37.4 Å². The number of carbonyl (C=O) groups is 2. The van der Waals surface area contributed by atoms with Crippen LogP contribution in [0.3, 0.4) is 0 Å². The van der Waals surface area contributed by atoms with E-state index in [1.54, 1.807) is 12.1 Å². The first kappa shape index (κ1) is 14.2. The lowest BCUT2D eigenvalue weighted by Gasteiger charge is -2.21. The second kappa shape index (κ2) is 5.35. The van der Waals surface area contributed by atoms with Gasteiger partial charge in [0.05, 0.1) is 0 Å². The molecule has 2 aliphatic heterocycles. The second-order valence-corrected chi connectivity index (χ2v) is 6.50. The summed E-state index contributed by atoms with van der Waals surface area (Å²) in [5.74, 6) is -0.523. The number of nitrogens with one attached hydrogen (secondary N) is 2. The fourth-order valence-electron chi connectivity index (χ4n) is 3.78. The summed E-state index contributed by atoms with van der Waals surface area (Å²) >= 11 is 0. The molecule has 4 rings (SSSR count). The van der Waals surface area contributed by atoms with Crippen molar-refractivity contribution in [1.82, 2.24) is 10.6 Å². The van der Waals surface area contributed by atoms with Crippen molar-refractivity contribution in [2.75, 3.05) is 0 Å². The summed E-state index contributed by atoms with van der Waals surface area (Å²) in [7, 11) is 0. The first-order valence-corrected chi connectivity index (χ1v) is 8.01. The fraction of sp³-hybridized carbons (Fsp3) is 0.333. The number of primary amides is 1. The normalized spacial score (nSPS) is 25.7. The van der Waals surface area contributed by atoms with Crippen LogP contribution in [-0.2, 0) is 0 Å². The van der Waals surface area contributed by atoms with Crippen molar-refractivity contribution >= 4 is 22.6 Å². The van der Waals surface area contributed by atoms with Crippen LogP contribution in [0.25, 0.3) is 10.8 Å². The zero-order valence-corrected chi connectivity index (χ0v) is 12.7. The fourth-order valence-corrected chi connectivity index (χ4v) is 3.78. The highest BCUT2D eigenvalue weighted by Gasteiger charge is 2.39. The molecule has 5 heteroatoms. The largest absolute Gasteiger partial charge is 0.366 e. The van der Waals surface area contributed by atoms with Gasteiger partial charge in [-0.2, -0.15) is 0 Å². The molecule has 2 saturated heterocycles. The summed E-state index contributed by atoms with van der Waals surface area (Å²) in [6, 6.07) is 12.0. The SMILES string of the molecule is NC(=O)c1ccc2ccc(C(=O)NC3CC4CCC3N4)cc2c1. The predicted octanol–water partition coefficient (Wildman–Crippen LogP) is 1.56. The van der Waals surface area contributed by atoms with Crippen LogP contribution in [0.2, 0.25) is 0 Å². The van der Waals surface area contributed by atoms with E-state index >= 15 is 0 Å². The number of amides is 2. The van der Waals surface area contributed by atoms with Crippen molar-refractivity contribution in [3.05, 3.63) is 47.5 Å². The van der Waals surface area contributed by atoms with Gasteiger partial charge in [-0.25, -0.2) is 0 Å². The molecule has 2 aliphatic rings. The average Bonchev–Trinajstić information content (AvgIpc) is 3.16. The van der Waals surface area contributed by atoms with Crippen LogP contribution in [0.15, 0.2) is 36.4 Å². The predicted molar refractivity (Wildman–Crippen MR) is 88.3 cm³/mol. The summed E-state index contributed by atoms with van der Waals surface area (Å²) in [5, 5.41) is 8.48. The third-order valence-corrected chi connectivity index (χ3v) is 5.00. The third-order valence-electron chi connectivity index (χ3n) is 5.00. The van der Waals surface area contributed by atoms with Crippen LogP contribution in [0.5, 0.6) is 0 Å². The van der Waals surface area contributed by atoms with Gasteiger partial charge in [0.1, 0.15) is 0 Å². The first-order chi connectivity index (χ1) is 11.1. The molecule has 3 unspecified atom stereocenters. The van der Waals surface area contributed by atoms with Crippen LogP contribution in [0.4, 0.5) is 0 Å². The number of hydrogen-bond donors (Lipinski definition) is 3. The number of carbonyl (C=O) groups excluding carboxylic acids is 2. The van der Waals surface area contributed by atoms with E-state index in [0.29, 0.717) is 23.2 Å². The molecule has 2 bridgehead atoms. The molecular weight excluding hydrogens is 290 g/mol. The number of fused-ring (bicyclic) bond motifs is 3.